The van der Waals surface area contributed by atoms with Crippen molar-refractivity contribution in [2.45, 2.75) is 52.4 Å². The zero-order chi connectivity index (χ0) is 20.1. The van der Waals surface area contributed by atoms with Crippen molar-refractivity contribution in [1.29, 1.82) is 0 Å². The van der Waals surface area contributed by atoms with Crippen LogP contribution in [-0.2, 0) is 9.59 Å². The SMILES string of the molecule is CCN1CCN(C(=O)C2CCC(C(=O)Nc3ccc(C(C)C)cc3)CC2)CC1. The molecule has 2 aliphatic rings. The predicted octanol–water partition coefficient (Wildman–Crippen LogP) is 3.72. The van der Waals surface area contributed by atoms with Gasteiger partial charge in [0, 0.05) is 43.7 Å². The van der Waals surface area contributed by atoms with Gasteiger partial charge in [-0.2, -0.15) is 0 Å². The number of rotatable bonds is 5. The van der Waals surface area contributed by atoms with E-state index in [0.29, 0.717) is 11.8 Å². The number of anilines is 1. The Morgan fingerprint density at radius 2 is 1.54 bits per heavy atom. The number of nitrogens with one attached hydrogen (secondary N) is 1. The van der Waals surface area contributed by atoms with E-state index >= 15 is 0 Å². The van der Waals surface area contributed by atoms with E-state index in [4.69, 9.17) is 0 Å². The van der Waals surface area contributed by atoms with Crippen LogP contribution >= 0.6 is 0 Å². The molecule has 1 saturated carbocycles. The molecule has 5 nitrogen and oxygen atoms in total. The Bertz CT molecular complexity index is 655. The summed E-state index contributed by atoms with van der Waals surface area (Å²) in [7, 11) is 0. The monoisotopic (exact) mass is 385 g/mol. The molecule has 1 aromatic rings. The van der Waals surface area contributed by atoms with E-state index in [1.165, 1.54) is 5.56 Å². The van der Waals surface area contributed by atoms with E-state index in [2.05, 4.69) is 43.1 Å². The molecule has 1 aromatic carbocycles. The summed E-state index contributed by atoms with van der Waals surface area (Å²) in [6.45, 7) is 11.2. The highest BCUT2D eigenvalue weighted by atomic mass is 16.2. The molecule has 1 N–H and O–H groups in total. The molecule has 1 heterocycles. The lowest BCUT2D eigenvalue weighted by atomic mass is 9.80. The zero-order valence-corrected chi connectivity index (χ0v) is 17.6. The Balaban J connectivity index is 1.45. The van der Waals surface area contributed by atoms with Crippen molar-refractivity contribution in [2.75, 3.05) is 38.0 Å². The third-order valence-electron chi connectivity index (χ3n) is 6.42. The van der Waals surface area contributed by atoms with Gasteiger partial charge in [-0.1, -0.05) is 32.9 Å². The molecule has 0 aromatic heterocycles. The minimum atomic E-state index is 0.0192. The van der Waals surface area contributed by atoms with E-state index in [1.54, 1.807) is 0 Å². The fourth-order valence-corrected chi connectivity index (χ4v) is 4.34. The summed E-state index contributed by atoms with van der Waals surface area (Å²) in [5.41, 5.74) is 2.14. The van der Waals surface area contributed by atoms with Crippen molar-refractivity contribution in [1.82, 2.24) is 9.80 Å². The molecule has 5 heteroatoms. The maximum atomic E-state index is 12.8. The molecule has 0 bridgehead atoms. The van der Waals surface area contributed by atoms with Crippen molar-refractivity contribution >= 4 is 17.5 Å². The summed E-state index contributed by atoms with van der Waals surface area (Å²) in [5, 5.41) is 3.06. The third-order valence-corrected chi connectivity index (χ3v) is 6.42. The summed E-state index contributed by atoms with van der Waals surface area (Å²) in [5.74, 6) is 1.01. The van der Waals surface area contributed by atoms with Gasteiger partial charge in [0.05, 0.1) is 0 Å². The fraction of sp³-hybridized carbons (Fsp3) is 0.652. The van der Waals surface area contributed by atoms with Crippen LogP contribution in [0.5, 0.6) is 0 Å². The first-order chi connectivity index (χ1) is 13.5. The smallest absolute Gasteiger partial charge is 0.227 e. The highest BCUT2D eigenvalue weighted by molar-refractivity contribution is 5.92. The lowest BCUT2D eigenvalue weighted by Gasteiger charge is -2.37. The largest absolute Gasteiger partial charge is 0.340 e. The number of benzene rings is 1. The van der Waals surface area contributed by atoms with Crippen molar-refractivity contribution in [3.05, 3.63) is 29.8 Å². The average Bonchev–Trinajstić information content (AvgIpc) is 2.73. The summed E-state index contributed by atoms with van der Waals surface area (Å²) in [6, 6.07) is 8.12. The second-order valence-corrected chi connectivity index (χ2v) is 8.57. The Labute approximate surface area is 169 Å². The van der Waals surface area contributed by atoms with E-state index < -0.39 is 0 Å². The van der Waals surface area contributed by atoms with Crippen molar-refractivity contribution in [2.24, 2.45) is 11.8 Å². The van der Waals surface area contributed by atoms with Crippen molar-refractivity contribution in [3.63, 3.8) is 0 Å². The number of hydrogen-bond donors (Lipinski definition) is 1. The minimum Gasteiger partial charge on any atom is -0.340 e. The van der Waals surface area contributed by atoms with Crippen molar-refractivity contribution < 1.29 is 9.59 Å². The topological polar surface area (TPSA) is 52.7 Å². The number of nitrogens with zero attached hydrogens (tertiary/aromatic N) is 2. The maximum absolute atomic E-state index is 12.8. The molecule has 0 radical (unpaired) electrons. The van der Waals surface area contributed by atoms with Crippen molar-refractivity contribution in [3.8, 4) is 0 Å². The van der Waals surface area contributed by atoms with Gasteiger partial charge in [0.25, 0.3) is 0 Å². The summed E-state index contributed by atoms with van der Waals surface area (Å²) in [4.78, 5) is 29.9. The Morgan fingerprint density at radius 3 is 2.07 bits per heavy atom. The Morgan fingerprint density at radius 1 is 0.964 bits per heavy atom. The number of amides is 2. The van der Waals surface area contributed by atoms with Crippen LogP contribution in [0, 0.1) is 11.8 Å². The molecular weight excluding hydrogens is 350 g/mol. The van der Waals surface area contributed by atoms with Crippen LogP contribution in [0.4, 0.5) is 5.69 Å². The molecule has 1 aliphatic heterocycles. The first kappa shape index (κ1) is 20.8. The first-order valence-electron chi connectivity index (χ1n) is 10.9. The van der Waals surface area contributed by atoms with Crippen LogP contribution in [0.25, 0.3) is 0 Å². The van der Waals surface area contributed by atoms with Gasteiger partial charge in [0.1, 0.15) is 0 Å². The highest BCUT2D eigenvalue weighted by Crippen LogP contribution is 2.31. The van der Waals surface area contributed by atoms with E-state index in [9.17, 15) is 9.59 Å². The van der Waals surface area contributed by atoms with Crippen LogP contribution in [-0.4, -0.2) is 54.3 Å². The maximum Gasteiger partial charge on any atom is 0.227 e. The van der Waals surface area contributed by atoms with Gasteiger partial charge in [0.15, 0.2) is 0 Å². The molecule has 2 fully saturated rings. The van der Waals surface area contributed by atoms with Gasteiger partial charge in [-0.25, -0.2) is 0 Å². The molecule has 3 rings (SSSR count). The van der Waals surface area contributed by atoms with Gasteiger partial charge in [-0.3, -0.25) is 9.59 Å². The predicted molar refractivity (Wildman–Crippen MR) is 113 cm³/mol. The van der Waals surface area contributed by atoms with E-state index in [1.807, 2.05) is 17.0 Å². The number of hydrogen-bond acceptors (Lipinski definition) is 3. The van der Waals surface area contributed by atoms with Gasteiger partial charge in [0.2, 0.25) is 11.8 Å². The number of likely N-dealkylation sites (N-methyl/N-ethyl adjacent to an activating group) is 1. The van der Waals surface area contributed by atoms with Crippen LogP contribution in [0.3, 0.4) is 0 Å². The number of carbonyl (C=O) groups excluding carboxylic acids is 2. The molecule has 1 saturated heterocycles. The van der Waals surface area contributed by atoms with E-state index in [0.717, 1.165) is 64.1 Å². The number of carbonyl (C=O) groups is 2. The van der Waals surface area contributed by atoms with Gasteiger partial charge < -0.3 is 15.1 Å². The van der Waals surface area contributed by atoms with E-state index in [-0.39, 0.29) is 17.7 Å². The lowest BCUT2D eigenvalue weighted by molar-refractivity contribution is -0.139. The van der Waals surface area contributed by atoms with Crippen LogP contribution in [0.1, 0.15) is 57.9 Å². The molecule has 28 heavy (non-hydrogen) atoms. The van der Waals surface area contributed by atoms with Gasteiger partial charge in [-0.05, 0) is 55.8 Å². The fourth-order valence-electron chi connectivity index (χ4n) is 4.34. The Hall–Kier alpha value is -1.88. The number of piperazine rings is 1. The van der Waals surface area contributed by atoms with Crippen LogP contribution in [0.2, 0.25) is 0 Å². The molecule has 0 unspecified atom stereocenters. The first-order valence-corrected chi connectivity index (χ1v) is 10.9. The van der Waals surface area contributed by atoms with Crippen LogP contribution < -0.4 is 5.32 Å². The normalized spacial score (nSPS) is 23.6. The minimum absolute atomic E-state index is 0.0192. The molecule has 154 valence electrons. The lowest BCUT2D eigenvalue weighted by Crippen LogP contribution is -2.50. The standard InChI is InChI=1S/C23H35N3O2/c1-4-25-13-15-26(16-14-25)23(28)20-7-5-19(6-8-20)22(27)24-21-11-9-18(10-12-21)17(2)3/h9-12,17,19-20H,4-8,13-16H2,1-3H3,(H,24,27). The zero-order valence-electron chi connectivity index (χ0n) is 17.6. The van der Waals surface area contributed by atoms with Gasteiger partial charge in [-0.15, -0.1) is 0 Å². The Kier molecular flexibility index (Phi) is 7.11. The van der Waals surface area contributed by atoms with Crippen LogP contribution in [0.15, 0.2) is 24.3 Å². The summed E-state index contributed by atoms with van der Waals surface area (Å²) in [6.07, 6.45) is 3.27. The molecule has 0 atom stereocenters. The second-order valence-electron chi connectivity index (χ2n) is 8.57. The van der Waals surface area contributed by atoms with Gasteiger partial charge >= 0.3 is 0 Å². The molecule has 0 spiro atoms. The molecular formula is C23H35N3O2. The molecule has 2 amide bonds. The second kappa shape index (κ2) is 9.55. The summed E-state index contributed by atoms with van der Waals surface area (Å²) < 4.78 is 0. The average molecular weight is 386 g/mol. The highest BCUT2D eigenvalue weighted by Gasteiger charge is 2.33. The molecule has 1 aliphatic carbocycles. The summed E-state index contributed by atoms with van der Waals surface area (Å²) >= 11 is 0. The third kappa shape index (κ3) is 5.13. The quantitative estimate of drug-likeness (QED) is 0.840.